The third-order valence-electron chi connectivity index (χ3n) is 3.57. The highest BCUT2D eigenvalue weighted by atomic mass is 16.2. The molecule has 1 spiro atoms. The van der Waals surface area contributed by atoms with Gasteiger partial charge in [0, 0.05) is 13.5 Å². The van der Waals surface area contributed by atoms with Crippen LogP contribution in [0.15, 0.2) is 12.2 Å². The van der Waals surface area contributed by atoms with Crippen LogP contribution >= 0.6 is 0 Å². The topological polar surface area (TPSA) is 20.3 Å². The fourth-order valence-electron chi connectivity index (χ4n) is 2.88. The van der Waals surface area contributed by atoms with Gasteiger partial charge < -0.3 is 4.90 Å². The summed E-state index contributed by atoms with van der Waals surface area (Å²) in [5, 5.41) is 0. The predicted molar refractivity (Wildman–Crippen MR) is 57.0 cm³/mol. The fraction of sp³-hybridized carbons (Fsp3) is 0.750. The lowest BCUT2D eigenvalue weighted by Gasteiger charge is -2.46. The van der Waals surface area contributed by atoms with Crippen LogP contribution < -0.4 is 0 Å². The molecule has 0 aromatic rings. The van der Waals surface area contributed by atoms with Gasteiger partial charge in [0.25, 0.3) is 0 Å². The Balaban J connectivity index is 2.23. The molecule has 0 N–H and O–H groups in total. The molecule has 2 nitrogen and oxygen atoms in total. The third kappa shape index (κ3) is 1.58. The van der Waals surface area contributed by atoms with Crippen LogP contribution in [0.3, 0.4) is 0 Å². The fourth-order valence-corrected chi connectivity index (χ4v) is 2.88. The molecule has 0 saturated carbocycles. The zero-order chi connectivity index (χ0) is 10.0. The molecule has 0 radical (unpaired) electrons. The van der Waals surface area contributed by atoms with Gasteiger partial charge in [0.1, 0.15) is 0 Å². The first kappa shape index (κ1) is 9.75. The first-order valence-electron chi connectivity index (χ1n) is 5.70. The van der Waals surface area contributed by atoms with E-state index in [0.29, 0.717) is 0 Å². The zero-order valence-electron chi connectivity index (χ0n) is 8.96. The second-order valence-electron chi connectivity index (χ2n) is 4.53. The summed E-state index contributed by atoms with van der Waals surface area (Å²) >= 11 is 0. The first-order valence-corrected chi connectivity index (χ1v) is 5.70. The van der Waals surface area contributed by atoms with Gasteiger partial charge in [-0.15, -0.1) is 0 Å². The summed E-state index contributed by atoms with van der Waals surface area (Å²) in [5.74, 6) is 0.247. The Hall–Kier alpha value is -0.790. The van der Waals surface area contributed by atoms with Crippen molar-refractivity contribution in [1.29, 1.82) is 0 Å². The summed E-state index contributed by atoms with van der Waals surface area (Å²) in [4.78, 5) is 13.7. The molecule has 1 saturated heterocycles. The molecule has 1 aliphatic carbocycles. The van der Waals surface area contributed by atoms with Crippen LogP contribution in [0, 0.1) is 0 Å². The second-order valence-corrected chi connectivity index (χ2v) is 4.53. The molecule has 1 aliphatic heterocycles. The van der Waals surface area contributed by atoms with Crippen molar-refractivity contribution in [1.82, 2.24) is 4.90 Å². The molecule has 78 valence electrons. The molecule has 2 heteroatoms. The van der Waals surface area contributed by atoms with E-state index >= 15 is 0 Å². The van der Waals surface area contributed by atoms with Crippen LogP contribution in [0.2, 0.25) is 0 Å². The van der Waals surface area contributed by atoms with Crippen LogP contribution in [-0.2, 0) is 4.79 Å². The molecule has 1 amide bonds. The van der Waals surface area contributed by atoms with Gasteiger partial charge in [0.05, 0.1) is 5.54 Å². The normalized spacial score (nSPS) is 32.2. The minimum absolute atomic E-state index is 0.0995. The number of hydrogen-bond acceptors (Lipinski definition) is 1. The summed E-state index contributed by atoms with van der Waals surface area (Å²) in [6.07, 6.45) is 11.8. The monoisotopic (exact) mass is 193 g/mol. The number of carbonyl (C=O) groups is 1. The number of amides is 1. The van der Waals surface area contributed by atoms with Crippen LogP contribution in [-0.4, -0.2) is 22.9 Å². The number of piperidine rings is 1. The lowest BCUT2D eigenvalue weighted by molar-refractivity contribution is -0.135. The molecule has 1 heterocycles. The van der Waals surface area contributed by atoms with Gasteiger partial charge in [0.2, 0.25) is 5.91 Å². The van der Waals surface area contributed by atoms with Crippen molar-refractivity contribution in [3.05, 3.63) is 12.2 Å². The Morgan fingerprint density at radius 3 is 2.71 bits per heavy atom. The molecule has 14 heavy (non-hydrogen) atoms. The van der Waals surface area contributed by atoms with E-state index in [9.17, 15) is 4.79 Å². The van der Waals surface area contributed by atoms with Crippen LogP contribution in [0.25, 0.3) is 0 Å². The smallest absolute Gasteiger partial charge is 0.220 e. The van der Waals surface area contributed by atoms with Gasteiger partial charge in [-0.25, -0.2) is 0 Å². The number of hydrogen-bond donors (Lipinski definition) is 0. The molecule has 0 aromatic carbocycles. The minimum Gasteiger partial charge on any atom is -0.334 e. The largest absolute Gasteiger partial charge is 0.334 e. The summed E-state index contributed by atoms with van der Waals surface area (Å²) in [5.41, 5.74) is 0.0995. The Bertz CT molecular complexity index is 259. The van der Waals surface area contributed by atoms with Crippen LogP contribution in [0.1, 0.15) is 45.4 Å². The highest BCUT2D eigenvalue weighted by Crippen LogP contribution is 2.36. The van der Waals surface area contributed by atoms with Crippen molar-refractivity contribution in [2.45, 2.75) is 51.0 Å². The minimum atomic E-state index is 0.0995. The quantitative estimate of drug-likeness (QED) is 0.541. The van der Waals surface area contributed by atoms with Crippen molar-refractivity contribution in [2.24, 2.45) is 0 Å². The summed E-state index contributed by atoms with van der Waals surface area (Å²) in [7, 11) is 0. The van der Waals surface area contributed by atoms with E-state index in [-0.39, 0.29) is 11.4 Å². The molecule has 2 aliphatic rings. The lowest BCUT2D eigenvalue weighted by Crippen LogP contribution is -2.53. The van der Waals surface area contributed by atoms with Gasteiger partial charge in [-0.2, -0.15) is 0 Å². The molecule has 2 rings (SSSR count). The number of nitrogens with zero attached hydrogens (tertiary/aromatic N) is 1. The Morgan fingerprint density at radius 1 is 1.29 bits per heavy atom. The van der Waals surface area contributed by atoms with E-state index in [0.717, 1.165) is 6.54 Å². The molecule has 1 fully saturated rings. The van der Waals surface area contributed by atoms with Crippen LogP contribution in [0.5, 0.6) is 0 Å². The van der Waals surface area contributed by atoms with E-state index < -0.39 is 0 Å². The highest BCUT2D eigenvalue weighted by molar-refractivity contribution is 5.74. The van der Waals surface area contributed by atoms with Crippen molar-refractivity contribution in [3.63, 3.8) is 0 Å². The Morgan fingerprint density at radius 2 is 2.07 bits per heavy atom. The SMILES string of the molecule is CC(=O)N1CCCCC12C=CCCC2. The first-order chi connectivity index (χ1) is 6.75. The van der Waals surface area contributed by atoms with Gasteiger partial charge in [-0.1, -0.05) is 12.2 Å². The van der Waals surface area contributed by atoms with Gasteiger partial charge in [-0.05, 0) is 38.5 Å². The maximum Gasteiger partial charge on any atom is 0.220 e. The van der Waals surface area contributed by atoms with Gasteiger partial charge in [-0.3, -0.25) is 4.79 Å². The van der Waals surface area contributed by atoms with Crippen molar-refractivity contribution >= 4 is 5.91 Å². The van der Waals surface area contributed by atoms with Crippen molar-refractivity contribution in [3.8, 4) is 0 Å². The van der Waals surface area contributed by atoms with E-state index in [4.69, 9.17) is 0 Å². The summed E-state index contributed by atoms with van der Waals surface area (Å²) in [6.45, 7) is 2.66. The standard InChI is InChI=1S/C12H19NO/c1-11(14)13-10-6-5-9-12(13)7-3-2-4-8-12/h3,7H,2,4-6,8-10H2,1H3. The summed E-state index contributed by atoms with van der Waals surface area (Å²) in [6, 6.07) is 0. The Labute approximate surface area is 86.0 Å². The highest BCUT2D eigenvalue weighted by Gasteiger charge is 2.38. The van der Waals surface area contributed by atoms with Crippen LogP contribution in [0.4, 0.5) is 0 Å². The Kier molecular flexibility index (Phi) is 2.62. The van der Waals surface area contributed by atoms with E-state index in [1.54, 1.807) is 6.92 Å². The summed E-state index contributed by atoms with van der Waals surface area (Å²) < 4.78 is 0. The molecule has 1 atom stereocenters. The van der Waals surface area contributed by atoms with Gasteiger partial charge in [0.15, 0.2) is 0 Å². The van der Waals surface area contributed by atoms with E-state index in [1.165, 1.54) is 38.5 Å². The molecular formula is C12H19NO. The molecule has 1 unspecified atom stereocenters. The number of likely N-dealkylation sites (tertiary alicyclic amines) is 1. The van der Waals surface area contributed by atoms with Crippen molar-refractivity contribution < 1.29 is 4.79 Å². The average molecular weight is 193 g/mol. The predicted octanol–water partition coefficient (Wildman–Crippen LogP) is 2.50. The van der Waals surface area contributed by atoms with E-state index in [2.05, 4.69) is 17.1 Å². The molecule has 0 aromatic heterocycles. The maximum absolute atomic E-state index is 11.6. The lowest BCUT2D eigenvalue weighted by atomic mass is 9.79. The third-order valence-corrected chi connectivity index (χ3v) is 3.57. The average Bonchev–Trinajstić information content (AvgIpc) is 2.19. The van der Waals surface area contributed by atoms with Crippen molar-refractivity contribution in [2.75, 3.05) is 6.54 Å². The molecule has 0 bridgehead atoms. The van der Waals surface area contributed by atoms with Gasteiger partial charge >= 0.3 is 0 Å². The second kappa shape index (κ2) is 3.76. The molecular weight excluding hydrogens is 174 g/mol. The zero-order valence-corrected chi connectivity index (χ0v) is 8.96. The number of rotatable bonds is 0. The number of carbonyl (C=O) groups excluding carboxylic acids is 1. The maximum atomic E-state index is 11.6. The van der Waals surface area contributed by atoms with E-state index in [1.807, 2.05) is 0 Å². The number of allylic oxidation sites excluding steroid dienone is 1.